The normalized spacial score (nSPS) is 14.4. The van der Waals surface area contributed by atoms with Crippen molar-refractivity contribution >= 4 is 11.8 Å². The minimum atomic E-state index is 0.138. The minimum Gasteiger partial charge on any atom is -0.493 e. The standard InChI is InChI=1S/C24H30N4O2S/c1-24(2,3)19-9-7-18(8-10-19)22-25-26-23-28(22)15-27(16-31-23)13-12-17-6-11-20(29-4)21(14-17)30-5/h6-11,14H,12-13,15-16H2,1-5H3. The van der Waals surface area contributed by atoms with Crippen LogP contribution in [0.25, 0.3) is 11.4 Å². The predicted octanol–water partition coefficient (Wildman–Crippen LogP) is 4.83. The first-order valence-electron chi connectivity index (χ1n) is 10.5. The molecule has 164 valence electrons. The summed E-state index contributed by atoms with van der Waals surface area (Å²) in [6, 6.07) is 14.8. The lowest BCUT2D eigenvalue weighted by atomic mass is 9.87. The highest BCUT2D eigenvalue weighted by molar-refractivity contribution is 7.99. The van der Waals surface area contributed by atoms with Crippen molar-refractivity contribution in [2.24, 2.45) is 0 Å². The number of nitrogens with zero attached hydrogens (tertiary/aromatic N) is 4. The summed E-state index contributed by atoms with van der Waals surface area (Å²) >= 11 is 1.74. The van der Waals surface area contributed by atoms with Crippen molar-refractivity contribution in [1.29, 1.82) is 0 Å². The molecule has 0 spiro atoms. The van der Waals surface area contributed by atoms with Gasteiger partial charge in [-0.05, 0) is 35.1 Å². The molecule has 1 aliphatic rings. The van der Waals surface area contributed by atoms with Crippen molar-refractivity contribution in [2.75, 3.05) is 26.6 Å². The Morgan fingerprint density at radius 3 is 2.39 bits per heavy atom. The Labute approximate surface area is 188 Å². The molecule has 0 aliphatic carbocycles. The van der Waals surface area contributed by atoms with Crippen LogP contribution >= 0.6 is 11.8 Å². The zero-order chi connectivity index (χ0) is 22.0. The van der Waals surface area contributed by atoms with Crippen LogP contribution in [0.15, 0.2) is 47.6 Å². The second kappa shape index (κ2) is 8.93. The van der Waals surface area contributed by atoms with Gasteiger partial charge >= 0.3 is 0 Å². The minimum absolute atomic E-state index is 0.138. The summed E-state index contributed by atoms with van der Waals surface area (Å²) in [5.74, 6) is 3.37. The van der Waals surface area contributed by atoms with Crippen molar-refractivity contribution in [3.05, 3.63) is 53.6 Å². The second-order valence-corrected chi connectivity index (χ2v) is 9.72. The average molecular weight is 439 g/mol. The zero-order valence-corrected chi connectivity index (χ0v) is 19.7. The first-order chi connectivity index (χ1) is 14.9. The lowest BCUT2D eigenvalue weighted by Crippen LogP contribution is -2.32. The third-order valence-corrected chi connectivity index (χ3v) is 6.66. The van der Waals surface area contributed by atoms with Crippen LogP contribution in [0.2, 0.25) is 0 Å². The fourth-order valence-corrected chi connectivity index (χ4v) is 4.61. The molecule has 0 bridgehead atoms. The predicted molar refractivity (Wildman–Crippen MR) is 125 cm³/mol. The summed E-state index contributed by atoms with van der Waals surface area (Å²) in [7, 11) is 3.33. The number of thioether (sulfide) groups is 1. The van der Waals surface area contributed by atoms with E-state index in [1.807, 2.05) is 6.07 Å². The number of fused-ring (bicyclic) bond motifs is 1. The van der Waals surface area contributed by atoms with Gasteiger partial charge in [-0.2, -0.15) is 0 Å². The zero-order valence-electron chi connectivity index (χ0n) is 18.9. The fraction of sp³-hybridized carbons (Fsp3) is 0.417. The highest BCUT2D eigenvalue weighted by atomic mass is 32.2. The van der Waals surface area contributed by atoms with Gasteiger partial charge in [0.2, 0.25) is 0 Å². The van der Waals surface area contributed by atoms with Gasteiger partial charge in [-0.1, -0.05) is 62.9 Å². The van der Waals surface area contributed by atoms with E-state index in [1.54, 1.807) is 26.0 Å². The van der Waals surface area contributed by atoms with Gasteiger partial charge in [0.05, 0.1) is 26.8 Å². The molecule has 4 rings (SSSR count). The summed E-state index contributed by atoms with van der Waals surface area (Å²) < 4.78 is 13.0. The summed E-state index contributed by atoms with van der Waals surface area (Å²) in [6.07, 6.45) is 0.938. The van der Waals surface area contributed by atoms with E-state index in [2.05, 4.69) is 76.8 Å². The fourth-order valence-electron chi connectivity index (χ4n) is 3.70. The molecular weight excluding hydrogens is 408 g/mol. The van der Waals surface area contributed by atoms with Crippen molar-refractivity contribution < 1.29 is 9.47 Å². The first kappa shape index (κ1) is 21.7. The molecule has 2 heterocycles. The molecule has 31 heavy (non-hydrogen) atoms. The van der Waals surface area contributed by atoms with Gasteiger partial charge < -0.3 is 9.47 Å². The van der Waals surface area contributed by atoms with E-state index in [1.165, 1.54) is 11.1 Å². The van der Waals surface area contributed by atoms with E-state index in [0.29, 0.717) is 0 Å². The van der Waals surface area contributed by atoms with Crippen LogP contribution < -0.4 is 9.47 Å². The number of rotatable bonds is 6. The van der Waals surface area contributed by atoms with Crippen LogP contribution in [0.5, 0.6) is 11.5 Å². The van der Waals surface area contributed by atoms with Crippen LogP contribution in [0.3, 0.4) is 0 Å². The molecule has 0 radical (unpaired) electrons. The highest BCUT2D eigenvalue weighted by Gasteiger charge is 2.23. The topological polar surface area (TPSA) is 52.4 Å². The third kappa shape index (κ3) is 4.72. The Balaban J connectivity index is 1.46. The van der Waals surface area contributed by atoms with E-state index in [-0.39, 0.29) is 5.41 Å². The number of ether oxygens (including phenoxy) is 2. The molecule has 7 heteroatoms. The third-order valence-electron chi connectivity index (χ3n) is 5.61. The quantitative estimate of drug-likeness (QED) is 0.550. The van der Waals surface area contributed by atoms with Crippen molar-refractivity contribution in [3.8, 4) is 22.9 Å². The first-order valence-corrected chi connectivity index (χ1v) is 11.5. The Hall–Kier alpha value is -2.51. The van der Waals surface area contributed by atoms with Crippen molar-refractivity contribution in [2.45, 2.75) is 44.4 Å². The molecule has 0 fully saturated rings. The maximum Gasteiger partial charge on any atom is 0.193 e. The van der Waals surface area contributed by atoms with Crippen LogP contribution in [0, 0.1) is 0 Å². The lowest BCUT2D eigenvalue weighted by Gasteiger charge is -2.28. The largest absolute Gasteiger partial charge is 0.493 e. The molecular formula is C24H30N4O2S. The molecule has 0 saturated heterocycles. The van der Waals surface area contributed by atoms with Crippen molar-refractivity contribution in [3.63, 3.8) is 0 Å². The van der Waals surface area contributed by atoms with Crippen LogP contribution in [-0.2, 0) is 18.5 Å². The second-order valence-electron chi connectivity index (χ2n) is 8.81. The van der Waals surface area contributed by atoms with Gasteiger partial charge in [0, 0.05) is 12.1 Å². The molecule has 0 N–H and O–H groups in total. The monoisotopic (exact) mass is 438 g/mol. The van der Waals surface area contributed by atoms with Gasteiger partial charge in [-0.15, -0.1) is 10.2 Å². The number of benzene rings is 2. The molecule has 6 nitrogen and oxygen atoms in total. The molecule has 0 amide bonds. The summed E-state index contributed by atoms with van der Waals surface area (Å²) in [4.78, 5) is 2.42. The summed E-state index contributed by atoms with van der Waals surface area (Å²) in [5, 5.41) is 9.89. The Morgan fingerprint density at radius 2 is 1.71 bits per heavy atom. The van der Waals surface area contributed by atoms with Gasteiger partial charge in [0.25, 0.3) is 0 Å². The maximum absolute atomic E-state index is 5.44. The molecule has 3 aromatic rings. The van der Waals surface area contributed by atoms with Gasteiger partial charge in [-0.25, -0.2) is 0 Å². The molecule has 0 atom stereocenters. The van der Waals surface area contributed by atoms with Crippen LogP contribution in [-0.4, -0.2) is 46.3 Å². The van der Waals surface area contributed by atoms with E-state index in [0.717, 1.165) is 53.6 Å². The number of aromatic nitrogens is 3. The maximum atomic E-state index is 5.44. The van der Waals surface area contributed by atoms with E-state index >= 15 is 0 Å². The van der Waals surface area contributed by atoms with E-state index in [9.17, 15) is 0 Å². The van der Waals surface area contributed by atoms with E-state index in [4.69, 9.17) is 9.47 Å². The Kier molecular flexibility index (Phi) is 6.25. The van der Waals surface area contributed by atoms with E-state index < -0.39 is 0 Å². The molecule has 1 aromatic heterocycles. The van der Waals surface area contributed by atoms with Gasteiger partial charge in [0.1, 0.15) is 0 Å². The smallest absolute Gasteiger partial charge is 0.193 e. The molecule has 1 aliphatic heterocycles. The molecule has 0 saturated carbocycles. The summed E-state index contributed by atoms with van der Waals surface area (Å²) in [5.41, 5.74) is 3.80. The average Bonchev–Trinajstić information content (AvgIpc) is 3.20. The molecule has 2 aromatic carbocycles. The number of hydrogen-bond acceptors (Lipinski definition) is 6. The SMILES string of the molecule is COc1ccc(CCN2CSc3nnc(-c4ccc(C(C)(C)C)cc4)n3C2)cc1OC. The van der Waals surface area contributed by atoms with Crippen LogP contribution in [0.4, 0.5) is 0 Å². The highest BCUT2D eigenvalue weighted by Crippen LogP contribution is 2.31. The van der Waals surface area contributed by atoms with Crippen LogP contribution in [0.1, 0.15) is 31.9 Å². The molecule has 0 unspecified atom stereocenters. The summed E-state index contributed by atoms with van der Waals surface area (Å²) in [6.45, 7) is 8.43. The lowest BCUT2D eigenvalue weighted by molar-refractivity contribution is 0.242. The van der Waals surface area contributed by atoms with Gasteiger partial charge in [-0.3, -0.25) is 9.47 Å². The Bertz CT molecular complexity index is 1040. The van der Waals surface area contributed by atoms with Gasteiger partial charge in [0.15, 0.2) is 22.5 Å². The van der Waals surface area contributed by atoms with Crippen molar-refractivity contribution in [1.82, 2.24) is 19.7 Å². The number of hydrogen-bond donors (Lipinski definition) is 0. The Morgan fingerprint density at radius 1 is 0.968 bits per heavy atom. The number of methoxy groups -OCH3 is 2.